The van der Waals surface area contributed by atoms with E-state index < -0.39 is 5.60 Å². The van der Waals surface area contributed by atoms with Crippen LogP contribution < -0.4 is 5.32 Å². The van der Waals surface area contributed by atoms with Crippen molar-refractivity contribution in [1.29, 1.82) is 5.26 Å². The number of carbonyl (C=O) groups is 1. The van der Waals surface area contributed by atoms with Crippen LogP contribution in [0.25, 0.3) is 11.0 Å². The van der Waals surface area contributed by atoms with Gasteiger partial charge in [-0.15, -0.1) is 0 Å². The molecule has 0 atom stereocenters. The average molecular weight is 338 g/mol. The molecule has 0 fully saturated rings. The van der Waals surface area contributed by atoms with E-state index in [1.807, 2.05) is 0 Å². The largest absolute Gasteiger partial charge is 0.389 e. The van der Waals surface area contributed by atoms with Crippen LogP contribution in [-0.2, 0) is 13.6 Å². The first-order chi connectivity index (χ1) is 11.8. The Morgan fingerprint density at radius 2 is 2.16 bits per heavy atom. The Morgan fingerprint density at radius 3 is 2.76 bits per heavy atom. The molecule has 2 heterocycles. The molecule has 0 radical (unpaired) electrons. The SMILES string of the molecule is Cn1nccc1C(=O)Nc1nc2ccc(C#N)cc2n1CC(C)(C)O. The van der Waals surface area contributed by atoms with Crippen molar-refractivity contribution in [3.8, 4) is 6.07 Å². The third kappa shape index (κ3) is 3.36. The number of imidazole rings is 1. The summed E-state index contributed by atoms with van der Waals surface area (Å²) in [6.07, 6.45) is 1.54. The fourth-order valence-corrected chi connectivity index (χ4v) is 2.60. The number of carbonyl (C=O) groups excluding carboxylic acids is 1. The Labute approximate surface area is 144 Å². The van der Waals surface area contributed by atoms with Crippen LogP contribution in [0, 0.1) is 11.3 Å². The summed E-state index contributed by atoms with van der Waals surface area (Å²) in [5.74, 6) is -0.0498. The average Bonchev–Trinajstić information content (AvgIpc) is 3.10. The first-order valence-electron chi connectivity index (χ1n) is 7.70. The van der Waals surface area contributed by atoms with E-state index in [9.17, 15) is 9.90 Å². The molecule has 2 aromatic heterocycles. The molecule has 0 aliphatic carbocycles. The molecule has 0 unspecified atom stereocenters. The monoisotopic (exact) mass is 338 g/mol. The highest BCUT2D eigenvalue weighted by Gasteiger charge is 2.21. The molecule has 8 heteroatoms. The molecule has 0 spiro atoms. The minimum absolute atomic E-state index is 0.208. The van der Waals surface area contributed by atoms with Crippen LogP contribution in [0.1, 0.15) is 29.9 Å². The predicted molar refractivity (Wildman–Crippen MR) is 91.9 cm³/mol. The van der Waals surface area contributed by atoms with E-state index in [0.717, 1.165) is 0 Å². The Bertz CT molecular complexity index is 987. The summed E-state index contributed by atoms with van der Waals surface area (Å²) < 4.78 is 3.16. The molecular weight excluding hydrogens is 320 g/mol. The van der Waals surface area contributed by atoms with Crippen LogP contribution in [0.2, 0.25) is 0 Å². The number of fused-ring (bicyclic) bond motifs is 1. The highest BCUT2D eigenvalue weighted by molar-refractivity contribution is 6.02. The number of aryl methyl sites for hydroxylation is 1. The molecule has 1 aromatic carbocycles. The predicted octanol–water partition coefficient (Wildman–Crippen LogP) is 1.66. The van der Waals surface area contributed by atoms with Crippen LogP contribution in [-0.4, -0.2) is 35.9 Å². The summed E-state index contributed by atoms with van der Waals surface area (Å²) in [7, 11) is 1.67. The first-order valence-corrected chi connectivity index (χ1v) is 7.70. The Hall–Kier alpha value is -3.18. The lowest BCUT2D eigenvalue weighted by atomic mass is 10.1. The molecule has 25 heavy (non-hydrogen) atoms. The maximum absolute atomic E-state index is 12.5. The van der Waals surface area contributed by atoms with Crippen molar-refractivity contribution < 1.29 is 9.90 Å². The zero-order chi connectivity index (χ0) is 18.2. The quantitative estimate of drug-likeness (QED) is 0.752. The number of rotatable bonds is 4. The van der Waals surface area contributed by atoms with E-state index in [2.05, 4.69) is 21.5 Å². The maximum atomic E-state index is 12.5. The highest BCUT2D eigenvalue weighted by Crippen LogP contribution is 2.24. The van der Waals surface area contributed by atoms with E-state index in [0.29, 0.717) is 28.2 Å². The van der Waals surface area contributed by atoms with Gasteiger partial charge in [-0.3, -0.25) is 14.8 Å². The third-order valence-electron chi connectivity index (χ3n) is 3.70. The van der Waals surface area contributed by atoms with Gasteiger partial charge in [0, 0.05) is 13.2 Å². The Balaban J connectivity index is 2.07. The Morgan fingerprint density at radius 1 is 1.40 bits per heavy atom. The summed E-state index contributed by atoms with van der Waals surface area (Å²) in [6.45, 7) is 3.54. The van der Waals surface area contributed by atoms with Crippen molar-refractivity contribution in [2.24, 2.45) is 7.05 Å². The number of aromatic nitrogens is 4. The van der Waals surface area contributed by atoms with Crippen molar-refractivity contribution >= 4 is 22.9 Å². The van der Waals surface area contributed by atoms with Crippen LogP contribution in [0.15, 0.2) is 30.5 Å². The number of nitrogens with zero attached hydrogens (tertiary/aromatic N) is 5. The van der Waals surface area contributed by atoms with Gasteiger partial charge in [-0.2, -0.15) is 10.4 Å². The third-order valence-corrected chi connectivity index (χ3v) is 3.70. The number of benzene rings is 1. The lowest BCUT2D eigenvalue weighted by molar-refractivity contribution is 0.0630. The fraction of sp³-hybridized carbons (Fsp3) is 0.294. The second-order valence-electron chi connectivity index (χ2n) is 6.44. The van der Waals surface area contributed by atoms with Crippen molar-refractivity contribution in [3.63, 3.8) is 0 Å². The van der Waals surface area contributed by atoms with E-state index in [1.54, 1.807) is 49.7 Å². The number of nitrogens with one attached hydrogen (secondary N) is 1. The summed E-state index contributed by atoms with van der Waals surface area (Å²) >= 11 is 0. The van der Waals surface area contributed by atoms with E-state index in [4.69, 9.17) is 5.26 Å². The molecule has 3 rings (SSSR count). The standard InChI is InChI=1S/C17H18N6O2/c1-17(2,25)10-23-14-8-11(9-18)4-5-12(14)20-16(23)21-15(24)13-6-7-19-22(13)3/h4-8,25H,10H2,1-3H3,(H,20,21,24). The topological polar surface area (TPSA) is 109 Å². The number of hydrogen-bond donors (Lipinski definition) is 2. The highest BCUT2D eigenvalue weighted by atomic mass is 16.3. The van der Waals surface area contributed by atoms with E-state index in [1.165, 1.54) is 10.9 Å². The van der Waals surface area contributed by atoms with Crippen LogP contribution in [0.5, 0.6) is 0 Å². The van der Waals surface area contributed by atoms with E-state index >= 15 is 0 Å². The molecule has 1 amide bonds. The number of nitriles is 1. The lowest BCUT2D eigenvalue weighted by Crippen LogP contribution is -2.28. The summed E-state index contributed by atoms with van der Waals surface area (Å²) in [5, 5.41) is 26.1. The summed E-state index contributed by atoms with van der Waals surface area (Å²) in [4.78, 5) is 16.9. The van der Waals surface area contributed by atoms with Crippen molar-refractivity contribution in [3.05, 3.63) is 41.7 Å². The molecule has 0 saturated carbocycles. The van der Waals surface area contributed by atoms with Gasteiger partial charge in [0.1, 0.15) is 5.69 Å². The molecule has 0 aliphatic rings. The Kier molecular flexibility index (Phi) is 4.02. The number of hydrogen-bond acceptors (Lipinski definition) is 5. The van der Waals surface area contributed by atoms with Crippen LogP contribution in [0.3, 0.4) is 0 Å². The van der Waals surface area contributed by atoms with E-state index in [-0.39, 0.29) is 12.5 Å². The normalized spacial score (nSPS) is 11.5. The lowest BCUT2D eigenvalue weighted by Gasteiger charge is -2.20. The van der Waals surface area contributed by atoms with Crippen molar-refractivity contribution in [2.45, 2.75) is 26.0 Å². The van der Waals surface area contributed by atoms with Gasteiger partial charge in [-0.25, -0.2) is 4.98 Å². The number of anilines is 1. The molecule has 0 bridgehead atoms. The summed E-state index contributed by atoms with van der Waals surface area (Å²) in [5.41, 5.74) is 1.14. The van der Waals surface area contributed by atoms with Gasteiger partial charge in [-0.05, 0) is 38.1 Å². The minimum Gasteiger partial charge on any atom is -0.389 e. The van der Waals surface area contributed by atoms with Crippen LogP contribution in [0.4, 0.5) is 5.95 Å². The second kappa shape index (κ2) is 6.03. The number of aliphatic hydroxyl groups is 1. The maximum Gasteiger partial charge on any atom is 0.276 e. The first kappa shape index (κ1) is 16.7. The van der Waals surface area contributed by atoms with Crippen molar-refractivity contribution in [1.82, 2.24) is 19.3 Å². The molecule has 2 N–H and O–H groups in total. The molecular formula is C17H18N6O2. The molecule has 0 aliphatic heterocycles. The zero-order valence-electron chi connectivity index (χ0n) is 14.2. The molecule has 128 valence electrons. The fourth-order valence-electron chi connectivity index (χ4n) is 2.60. The van der Waals surface area contributed by atoms with Gasteiger partial charge >= 0.3 is 0 Å². The van der Waals surface area contributed by atoms with Gasteiger partial charge in [0.15, 0.2) is 0 Å². The summed E-state index contributed by atoms with van der Waals surface area (Å²) in [6, 6.07) is 8.76. The van der Waals surface area contributed by atoms with Gasteiger partial charge in [0.25, 0.3) is 5.91 Å². The van der Waals surface area contributed by atoms with Crippen molar-refractivity contribution in [2.75, 3.05) is 5.32 Å². The smallest absolute Gasteiger partial charge is 0.276 e. The molecule has 0 saturated heterocycles. The van der Waals surface area contributed by atoms with Gasteiger partial charge in [0.2, 0.25) is 5.95 Å². The molecule has 3 aromatic rings. The van der Waals surface area contributed by atoms with Gasteiger partial charge in [0.05, 0.1) is 34.8 Å². The zero-order valence-corrected chi connectivity index (χ0v) is 14.2. The minimum atomic E-state index is -1.03. The number of amides is 1. The van der Waals surface area contributed by atoms with Gasteiger partial charge < -0.3 is 9.67 Å². The second-order valence-corrected chi connectivity index (χ2v) is 6.44. The van der Waals surface area contributed by atoms with Crippen LogP contribution >= 0.6 is 0 Å². The van der Waals surface area contributed by atoms with Gasteiger partial charge in [-0.1, -0.05) is 0 Å². The molecule has 8 nitrogen and oxygen atoms in total.